The maximum atomic E-state index is 13.1. The van der Waals surface area contributed by atoms with Gasteiger partial charge in [-0.15, -0.1) is 0 Å². The Morgan fingerprint density at radius 1 is 0.880 bits per heavy atom. The fourth-order valence-corrected chi connectivity index (χ4v) is 2.79. The Labute approximate surface area is 147 Å². The standard InChI is InChI=1S/C21H19NO3/c1-24-21(17-10-4-2-5-11-17,18-12-6-3-7-13-18)20(23)25-16-19-14-8-9-15-22-19/h2-15H,16H2,1H3. The highest BCUT2D eigenvalue weighted by atomic mass is 16.6. The van der Waals surface area contributed by atoms with E-state index in [1.807, 2.05) is 78.9 Å². The van der Waals surface area contributed by atoms with Gasteiger partial charge < -0.3 is 9.47 Å². The van der Waals surface area contributed by atoms with Crippen molar-refractivity contribution in [1.29, 1.82) is 0 Å². The lowest BCUT2D eigenvalue weighted by molar-refractivity contribution is -0.167. The summed E-state index contributed by atoms with van der Waals surface area (Å²) in [5.74, 6) is -0.474. The molecule has 4 heteroatoms. The molecule has 3 aromatic rings. The second-order valence-corrected chi connectivity index (χ2v) is 5.51. The van der Waals surface area contributed by atoms with Crippen molar-refractivity contribution in [1.82, 2.24) is 4.98 Å². The Morgan fingerprint density at radius 2 is 1.44 bits per heavy atom. The van der Waals surface area contributed by atoms with E-state index in [1.54, 1.807) is 6.20 Å². The molecule has 0 unspecified atom stereocenters. The monoisotopic (exact) mass is 333 g/mol. The van der Waals surface area contributed by atoms with Crippen molar-refractivity contribution in [2.45, 2.75) is 12.2 Å². The van der Waals surface area contributed by atoms with Gasteiger partial charge in [-0.25, -0.2) is 4.79 Å². The third-order valence-electron chi connectivity index (χ3n) is 4.03. The summed E-state index contributed by atoms with van der Waals surface area (Å²) in [7, 11) is 1.52. The summed E-state index contributed by atoms with van der Waals surface area (Å²) >= 11 is 0. The van der Waals surface area contributed by atoms with Crippen LogP contribution in [0.3, 0.4) is 0 Å². The van der Waals surface area contributed by atoms with Crippen LogP contribution in [0.4, 0.5) is 0 Å². The van der Waals surface area contributed by atoms with Gasteiger partial charge in [0.05, 0.1) is 5.69 Å². The summed E-state index contributed by atoms with van der Waals surface area (Å²) in [6.45, 7) is 0.0877. The minimum absolute atomic E-state index is 0.0877. The molecular weight excluding hydrogens is 314 g/mol. The van der Waals surface area contributed by atoms with Crippen LogP contribution >= 0.6 is 0 Å². The zero-order valence-corrected chi connectivity index (χ0v) is 14.0. The van der Waals surface area contributed by atoms with E-state index in [0.717, 1.165) is 11.1 Å². The quantitative estimate of drug-likeness (QED) is 0.645. The molecule has 0 spiro atoms. The van der Waals surface area contributed by atoms with Crippen molar-refractivity contribution in [3.05, 3.63) is 102 Å². The van der Waals surface area contributed by atoms with Gasteiger partial charge in [-0.3, -0.25) is 4.98 Å². The van der Waals surface area contributed by atoms with Crippen molar-refractivity contribution in [3.63, 3.8) is 0 Å². The molecule has 25 heavy (non-hydrogen) atoms. The van der Waals surface area contributed by atoms with E-state index in [0.29, 0.717) is 5.69 Å². The first-order valence-electron chi connectivity index (χ1n) is 8.00. The molecule has 0 bridgehead atoms. The number of benzene rings is 2. The molecular formula is C21H19NO3. The van der Waals surface area contributed by atoms with Gasteiger partial charge in [-0.2, -0.15) is 0 Å². The van der Waals surface area contributed by atoms with Crippen LogP contribution in [0.2, 0.25) is 0 Å². The summed E-state index contributed by atoms with van der Waals surface area (Å²) < 4.78 is 11.3. The smallest absolute Gasteiger partial charge is 0.348 e. The summed E-state index contributed by atoms with van der Waals surface area (Å²) in [4.78, 5) is 17.3. The average molecular weight is 333 g/mol. The maximum Gasteiger partial charge on any atom is 0.348 e. The highest BCUT2D eigenvalue weighted by Crippen LogP contribution is 2.34. The SMILES string of the molecule is COC(C(=O)OCc1ccccn1)(c1ccccc1)c1ccccc1. The van der Waals surface area contributed by atoms with Crippen molar-refractivity contribution in [2.75, 3.05) is 7.11 Å². The van der Waals surface area contributed by atoms with E-state index >= 15 is 0 Å². The largest absolute Gasteiger partial charge is 0.457 e. The highest BCUT2D eigenvalue weighted by molar-refractivity contribution is 5.85. The van der Waals surface area contributed by atoms with E-state index in [4.69, 9.17) is 9.47 Å². The van der Waals surface area contributed by atoms with Gasteiger partial charge in [0.2, 0.25) is 5.60 Å². The van der Waals surface area contributed by atoms with Gasteiger partial charge in [0.15, 0.2) is 0 Å². The van der Waals surface area contributed by atoms with Crippen LogP contribution in [0, 0.1) is 0 Å². The molecule has 126 valence electrons. The van der Waals surface area contributed by atoms with Crippen LogP contribution in [0.25, 0.3) is 0 Å². The first kappa shape index (κ1) is 16.9. The number of carbonyl (C=O) groups excluding carboxylic acids is 1. The van der Waals surface area contributed by atoms with Crippen LogP contribution in [0.5, 0.6) is 0 Å². The summed E-state index contributed by atoms with van der Waals surface area (Å²) in [5, 5.41) is 0. The third kappa shape index (κ3) is 3.44. The number of rotatable bonds is 6. The van der Waals surface area contributed by atoms with Gasteiger partial charge in [-0.1, -0.05) is 66.7 Å². The zero-order chi connectivity index (χ0) is 17.5. The Kier molecular flexibility index (Phi) is 5.21. The molecule has 3 rings (SSSR count). The molecule has 1 heterocycles. The molecule has 0 amide bonds. The van der Waals surface area contributed by atoms with Crippen LogP contribution in [-0.2, 0) is 26.5 Å². The van der Waals surface area contributed by atoms with Crippen LogP contribution in [0.15, 0.2) is 85.1 Å². The summed E-state index contributed by atoms with van der Waals surface area (Å²) in [6, 6.07) is 24.2. The molecule has 0 atom stereocenters. The van der Waals surface area contributed by atoms with Crippen LogP contribution in [0.1, 0.15) is 16.8 Å². The lowest BCUT2D eigenvalue weighted by Gasteiger charge is -2.31. The number of nitrogens with zero attached hydrogens (tertiary/aromatic N) is 1. The van der Waals surface area contributed by atoms with E-state index in [2.05, 4.69) is 4.98 Å². The Balaban J connectivity index is 1.97. The van der Waals surface area contributed by atoms with Crippen LogP contribution in [-0.4, -0.2) is 18.1 Å². The van der Waals surface area contributed by atoms with Gasteiger partial charge in [-0.05, 0) is 23.3 Å². The minimum atomic E-state index is -1.32. The van der Waals surface area contributed by atoms with Crippen molar-refractivity contribution in [3.8, 4) is 0 Å². The normalized spacial score (nSPS) is 11.1. The fraction of sp³-hybridized carbons (Fsp3) is 0.143. The summed E-state index contributed by atoms with van der Waals surface area (Å²) in [6.07, 6.45) is 1.67. The number of carbonyl (C=O) groups is 1. The van der Waals surface area contributed by atoms with Gasteiger partial charge in [0.1, 0.15) is 6.61 Å². The predicted molar refractivity (Wildman–Crippen MR) is 94.7 cm³/mol. The minimum Gasteiger partial charge on any atom is -0.457 e. The highest BCUT2D eigenvalue weighted by Gasteiger charge is 2.44. The molecule has 0 fully saturated rings. The van der Waals surface area contributed by atoms with Crippen LogP contribution < -0.4 is 0 Å². The first-order chi connectivity index (χ1) is 12.3. The van der Waals surface area contributed by atoms with Crippen molar-refractivity contribution >= 4 is 5.97 Å². The van der Waals surface area contributed by atoms with Crippen molar-refractivity contribution in [2.24, 2.45) is 0 Å². The molecule has 2 aromatic carbocycles. The molecule has 4 nitrogen and oxygen atoms in total. The third-order valence-corrected chi connectivity index (χ3v) is 4.03. The van der Waals surface area contributed by atoms with Gasteiger partial charge in [0.25, 0.3) is 0 Å². The average Bonchev–Trinajstić information content (AvgIpc) is 2.70. The molecule has 0 saturated carbocycles. The predicted octanol–water partition coefficient (Wildman–Crippen LogP) is 3.72. The molecule has 0 aliphatic rings. The van der Waals surface area contributed by atoms with E-state index < -0.39 is 11.6 Å². The lowest BCUT2D eigenvalue weighted by Crippen LogP contribution is -2.40. The second-order valence-electron chi connectivity index (χ2n) is 5.51. The number of ether oxygens (including phenoxy) is 2. The number of aromatic nitrogens is 1. The van der Waals surface area contributed by atoms with Gasteiger partial charge in [0, 0.05) is 13.3 Å². The first-order valence-corrected chi connectivity index (χ1v) is 8.00. The number of hydrogen-bond donors (Lipinski definition) is 0. The Hall–Kier alpha value is -2.98. The Bertz CT molecular complexity index is 765. The second kappa shape index (κ2) is 7.73. The zero-order valence-electron chi connectivity index (χ0n) is 14.0. The molecule has 1 aromatic heterocycles. The van der Waals surface area contributed by atoms with Gasteiger partial charge >= 0.3 is 5.97 Å². The number of esters is 1. The molecule has 0 radical (unpaired) electrons. The number of methoxy groups -OCH3 is 1. The molecule has 0 saturated heterocycles. The lowest BCUT2D eigenvalue weighted by atomic mass is 9.86. The number of hydrogen-bond acceptors (Lipinski definition) is 4. The Morgan fingerprint density at radius 3 is 1.92 bits per heavy atom. The number of pyridine rings is 1. The topological polar surface area (TPSA) is 48.4 Å². The van der Waals surface area contributed by atoms with Crippen molar-refractivity contribution < 1.29 is 14.3 Å². The molecule has 0 aliphatic carbocycles. The van der Waals surface area contributed by atoms with E-state index in [9.17, 15) is 4.79 Å². The summed E-state index contributed by atoms with van der Waals surface area (Å²) in [5.41, 5.74) is 0.795. The molecule has 0 aliphatic heterocycles. The molecule has 0 N–H and O–H groups in total. The van der Waals surface area contributed by atoms with E-state index in [1.165, 1.54) is 7.11 Å². The fourth-order valence-electron chi connectivity index (χ4n) is 2.79. The maximum absolute atomic E-state index is 13.1. The van der Waals surface area contributed by atoms with E-state index in [-0.39, 0.29) is 6.61 Å².